The van der Waals surface area contributed by atoms with Crippen LogP contribution in [0.2, 0.25) is 0 Å². The van der Waals surface area contributed by atoms with E-state index in [1.807, 2.05) is 6.07 Å². The molecule has 30 heavy (non-hydrogen) atoms. The van der Waals surface area contributed by atoms with Crippen molar-refractivity contribution in [3.63, 3.8) is 0 Å². The molecule has 0 radical (unpaired) electrons. The summed E-state index contributed by atoms with van der Waals surface area (Å²) in [6.07, 6.45) is 3.00. The molecule has 1 unspecified atom stereocenters. The summed E-state index contributed by atoms with van der Waals surface area (Å²) in [5, 5.41) is 21.2. The summed E-state index contributed by atoms with van der Waals surface area (Å²) >= 11 is 0. The summed E-state index contributed by atoms with van der Waals surface area (Å²) in [5.41, 5.74) is -0.711. The first-order valence-electron chi connectivity index (χ1n) is 9.38. The van der Waals surface area contributed by atoms with Gasteiger partial charge in [0.25, 0.3) is 5.71 Å². The lowest BCUT2D eigenvalue weighted by molar-refractivity contribution is -0.441. The summed E-state index contributed by atoms with van der Waals surface area (Å²) in [4.78, 5) is 13.3. The fourth-order valence-corrected chi connectivity index (χ4v) is 4.75. The molecule has 1 aliphatic rings. The Morgan fingerprint density at radius 2 is 1.63 bits per heavy atom. The van der Waals surface area contributed by atoms with Crippen molar-refractivity contribution in [3.8, 4) is 0 Å². The van der Waals surface area contributed by atoms with Crippen LogP contribution in [-0.4, -0.2) is 56.9 Å². The first-order valence-corrected chi connectivity index (χ1v) is 11.9. The lowest BCUT2D eigenvalue weighted by Crippen LogP contribution is -2.60. The minimum absolute atomic E-state index is 0.0580. The van der Waals surface area contributed by atoms with Crippen LogP contribution in [0, 0.1) is 0 Å². The van der Waals surface area contributed by atoms with Gasteiger partial charge < -0.3 is 19.7 Å². The molecule has 0 aliphatic carbocycles. The fraction of sp³-hybridized carbons (Fsp3) is 0.273. The number of rotatable bonds is 6. The van der Waals surface area contributed by atoms with Crippen molar-refractivity contribution in [2.75, 3.05) is 24.9 Å². The predicted octanol–water partition coefficient (Wildman–Crippen LogP) is 3.15. The van der Waals surface area contributed by atoms with Crippen LogP contribution < -0.4 is 0 Å². The number of aliphatic hydroxyl groups is 2. The second-order valence-electron chi connectivity index (χ2n) is 7.25. The van der Waals surface area contributed by atoms with Crippen LogP contribution in [0.3, 0.4) is 0 Å². The molecular weight excluding hydrogens is 406 g/mol. The molecule has 0 amide bonds. The molecule has 8 heteroatoms. The third kappa shape index (κ3) is 4.09. The number of carbonyl (C=O) groups is 1. The van der Waals surface area contributed by atoms with E-state index in [4.69, 9.17) is 9.47 Å². The monoisotopic (exact) mass is 431 g/mol. The number of hydrogen-bond acceptors (Lipinski definition) is 6. The third-order valence-corrected chi connectivity index (χ3v) is 5.60. The van der Waals surface area contributed by atoms with E-state index in [-0.39, 0.29) is 18.1 Å². The van der Waals surface area contributed by atoms with E-state index in [0.29, 0.717) is 11.3 Å². The molecule has 2 N–H and O–H groups in total. The highest BCUT2D eigenvalue weighted by atomic mass is 32.2. The molecule has 7 nitrogen and oxygen atoms in total. The minimum Gasteiger partial charge on any atom is -0.473 e. The van der Waals surface area contributed by atoms with Crippen molar-refractivity contribution in [3.05, 3.63) is 78.1 Å². The average molecular weight is 432 g/mol. The Morgan fingerprint density at radius 3 is 2.17 bits per heavy atom. The minimum atomic E-state index is -2.57. The summed E-state index contributed by atoms with van der Waals surface area (Å²) in [7, 11) is -2.57. The summed E-state index contributed by atoms with van der Waals surface area (Å²) < 4.78 is 25.2. The lowest BCUT2D eigenvalue weighted by Gasteiger charge is -2.31. The quantitative estimate of drug-likeness (QED) is 0.414. The van der Waals surface area contributed by atoms with Crippen LogP contribution in [-0.2, 0) is 28.4 Å². The zero-order valence-corrected chi connectivity index (χ0v) is 17.9. The van der Waals surface area contributed by atoms with E-state index in [1.54, 1.807) is 61.5 Å². The van der Waals surface area contributed by atoms with E-state index in [1.165, 1.54) is 17.1 Å². The normalized spacial score (nSPS) is 19.4. The molecule has 0 saturated heterocycles. The van der Waals surface area contributed by atoms with Crippen molar-refractivity contribution in [1.82, 2.24) is 0 Å². The lowest BCUT2D eigenvalue weighted by atomic mass is 9.91. The molecule has 1 heterocycles. The van der Waals surface area contributed by atoms with Gasteiger partial charge in [-0.2, -0.15) is 0 Å². The maximum atomic E-state index is 13.3. The highest BCUT2D eigenvalue weighted by molar-refractivity contribution is 8.01. The van der Waals surface area contributed by atoms with Gasteiger partial charge in [-0.15, -0.1) is 8.78 Å². The van der Waals surface area contributed by atoms with Gasteiger partial charge in [0.05, 0.1) is 16.5 Å². The summed E-state index contributed by atoms with van der Waals surface area (Å²) in [5.74, 6) is -2.50. The number of para-hydroxylation sites is 1. The van der Waals surface area contributed by atoms with Crippen molar-refractivity contribution >= 4 is 27.3 Å². The third-order valence-electron chi connectivity index (χ3n) is 4.50. The fourth-order valence-electron chi connectivity index (χ4n) is 3.46. The van der Waals surface area contributed by atoms with E-state index in [0.717, 1.165) is 0 Å². The summed E-state index contributed by atoms with van der Waals surface area (Å²) in [6, 6.07) is 17.6. The molecule has 0 bridgehead atoms. The molecule has 0 spiro atoms. The van der Waals surface area contributed by atoms with Crippen molar-refractivity contribution in [2.45, 2.75) is 12.5 Å². The predicted molar refractivity (Wildman–Crippen MR) is 114 cm³/mol. The van der Waals surface area contributed by atoms with Crippen LogP contribution in [0.4, 0.5) is 5.69 Å². The van der Waals surface area contributed by atoms with Crippen molar-refractivity contribution in [1.29, 1.82) is 0 Å². The van der Waals surface area contributed by atoms with Gasteiger partial charge in [0.1, 0.15) is 12.5 Å². The average Bonchev–Trinajstić information content (AvgIpc) is 2.70. The molecule has 2 aromatic carbocycles. The standard InChI is InChI=1S/C22H23NO6S/c1-4-28-21(26)22(15-30(2,3)27)18(16-11-7-5-8-12-16)23(19(24)20(25)29-22)17-13-9-6-10-14-17/h5-14H,4,15H2,1-3H3/p+2. The van der Waals surface area contributed by atoms with Crippen LogP contribution in [0.25, 0.3) is 0 Å². The Hall–Kier alpha value is -3.13. The first-order chi connectivity index (χ1) is 14.2. The zero-order chi connectivity index (χ0) is 21.9. The van der Waals surface area contributed by atoms with Gasteiger partial charge in [0.15, 0.2) is 5.75 Å². The molecule has 158 valence electrons. The smallest absolute Gasteiger partial charge is 0.455 e. The SMILES string of the molecule is CCOC(=O)C1(C[S+](C)(C)=O)OC(O)=C(O)[N+](c2ccccc2)=C1c1ccccc1. The Labute approximate surface area is 176 Å². The number of aliphatic hydroxyl groups excluding tert-OH is 2. The topological polar surface area (TPSA) is 96.1 Å². The van der Waals surface area contributed by atoms with Gasteiger partial charge >= 0.3 is 23.4 Å². The maximum absolute atomic E-state index is 13.3. The van der Waals surface area contributed by atoms with Gasteiger partial charge in [-0.05, 0) is 19.1 Å². The van der Waals surface area contributed by atoms with E-state index in [9.17, 15) is 19.2 Å². The van der Waals surface area contributed by atoms with Crippen molar-refractivity contribution < 1.29 is 33.3 Å². The number of carbonyl (C=O) groups excluding carboxylic acids is 1. The van der Waals surface area contributed by atoms with Gasteiger partial charge in [-0.3, -0.25) is 0 Å². The molecule has 1 atom stereocenters. The number of nitrogens with zero attached hydrogens (tertiary/aromatic N) is 1. The van der Waals surface area contributed by atoms with Gasteiger partial charge in [0, 0.05) is 17.7 Å². The van der Waals surface area contributed by atoms with Crippen LogP contribution in [0.15, 0.2) is 72.5 Å². The van der Waals surface area contributed by atoms with E-state index in [2.05, 4.69) is 0 Å². The molecule has 2 aromatic rings. The highest BCUT2D eigenvalue weighted by Gasteiger charge is 2.63. The number of esters is 1. The Balaban J connectivity index is 2.45. The second kappa shape index (κ2) is 8.31. The molecule has 3 rings (SSSR count). The van der Waals surface area contributed by atoms with Gasteiger partial charge in [0.2, 0.25) is 5.69 Å². The van der Waals surface area contributed by atoms with E-state index < -0.39 is 33.3 Å². The highest BCUT2D eigenvalue weighted by Crippen LogP contribution is 2.35. The van der Waals surface area contributed by atoms with E-state index >= 15 is 0 Å². The number of hydrogen-bond donors (Lipinski definition) is 2. The van der Waals surface area contributed by atoms with Gasteiger partial charge in [-0.1, -0.05) is 36.4 Å². The summed E-state index contributed by atoms with van der Waals surface area (Å²) in [6.45, 7) is 1.70. The largest absolute Gasteiger partial charge is 0.473 e. The number of ether oxygens (including phenoxy) is 2. The molecule has 0 saturated carbocycles. The molecule has 0 fully saturated rings. The molecular formula is C22H25NO6S+2. The maximum Gasteiger partial charge on any atom is 0.455 e. The number of benzene rings is 2. The van der Waals surface area contributed by atoms with Crippen molar-refractivity contribution in [2.24, 2.45) is 0 Å². The van der Waals surface area contributed by atoms with Crippen LogP contribution in [0.5, 0.6) is 0 Å². The Kier molecular flexibility index (Phi) is 5.98. The second-order valence-corrected chi connectivity index (χ2v) is 10.4. The first kappa shape index (κ1) is 21.6. The molecule has 0 aromatic heterocycles. The zero-order valence-electron chi connectivity index (χ0n) is 17.1. The van der Waals surface area contributed by atoms with Crippen LogP contribution in [0.1, 0.15) is 12.5 Å². The van der Waals surface area contributed by atoms with Gasteiger partial charge in [-0.25, -0.2) is 4.79 Å². The Bertz CT molecular complexity index is 1040. The molecule has 1 aliphatic heterocycles. The van der Waals surface area contributed by atoms with Crippen LogP contribution >= 0.6 is 0 Å². The Morgan fingerprint density at radius 1 is 1.07 bits per heavy atom.